The number of aryl methyl sites for hydroxylation is 1. The molecule has 1 aromatic carbocycles. The number of ether oxygens (including phenoxy) is 2. The smallest absolute Gasteiger partial charge is 0.326 e. The Morgan fingerprint density at radius 1 is 1.02 bits per heavy atom. The summed E-state index contributed by atoms with van der Waals surface area (Å²) in [5.41, 5.74) is 1.60. The number of aliphatic carboxylic acids is 1. The second-order valence-corrected chi connectivity index (χ2v) is 12.7. The molecule has 0 aliphatic carbocycles. The molecule has 0 radical (unpaired) electrons. The lowest BCUT2D eigenvalue weighted by molar-refractivity contribution is -0.161. The van der Waals surface area contributed by atoms with Gasteiger partial charge in [-0.2, -0.15) is 0 Å². The van der Waals surface area contributed by atoms with E-state index in [4.69, 9.17) is 14.5 Å². The van der Waals surface area contributed by atoms with Crippen molar-refractivity contribution < 1.29 is 29.0 Å². The number of benzene rings is 1. The molecule has 1 aliphatic rings. The topological polar surface area (TPSA) is 119 Å². The molecule has 0 spiro atoms. The van der Waals surface area contributed by atoms with Crippen LogP contribution >= 0.6 is 0 Å². The number of rotatable bonds is 7. The van der Waals surface area contributed by atoms with Gasteiger partial charge in [-0.25, -0.2) is 14.8 Å². The largest absolute Gasteiger partial charge is 0.488 e. The van der Waals surface area contributed by atoms with Crippen molar-refractivity contribution in [3.63, 3.8) is 0 Å². The SMILES string of the molecule is Cc1ccc2c(O[C@@H]3C[C@@H](C(=O)O)N(C(=O)[C@@H](CC(=O)OC(C)(C)C)C(C)(C)C)C3)cc(-c3ccccc3)nc2n1. The van der Waals surface area contributed by atoms with Crippen LogP contribution in [-0.4, -0.2) is 62.1 Å². The zero-order valence-corrected chi connectivity index (χ0v) is 24.8. The van der Waals surface area contributed by atoms with Gasteiger partial charge in [0, 0.05) is 23.7 Å². The highest BCUT2D eigenvalue weighted by atomic mass is 16.6. The van der Waals surface area contributed by atoms with Crippen molar-refractivity contribution in [2.45, 2.75) is 79.1 Å². The molecular weight excluding hydrogens is 522 g/mol. The molecule has 2 aromatic heterocycles. The third-order valence-corrected chi connectivity index (χ3v) is 7.10. The fraction of sp³-hybridized carbons (Fsp3) is 0.469. The Balaban J connectivity index is 1.64. The number of carbonyl (C=O) groups excluding carboxylic acids is 2. The number of carboxylic acid groups (broad SMARTS) is 1. The van der Waals surface area contributed by atoms with Crippen LogP contribution in [0.1, 0.15) is 60.1 Å². The lowest BCUT2D eigenvalue weighted by Crippen LogP contribution is -2.47. The lowest BCUT2D eigenvalue weighted by atomic mass is 9.77. The third-order valence-electron chi connectivity index (χ3n) is 7.10. The van der Waals surface area contributed by atoms with Gasteiger partial charge in [0.2, 0.25) is 5.91 Å². The summed E-state index contributed by atoms with van der Waals surface area (Å²) < 4.78 is 11.9. The number of esters is 1. The first-order valence-electron chi connectivity index (χ1n) is 13.9. The summed E-state index contributed by atoms with van der Waals surface area (Å²) in [5, 5.41) is 10.8. The summed E-state index contributed by atoms with van der Waals surface area (Å²) in [7, 11) is 0. The molecule has 1 amide bonds. The lowest BCUT2D eigenvalue weighted by Gasteiger charge is -2.34. The van der Waals surface area contributed by atoms with E-state index in [1.807, 2.05) is 76.2 Å². The molecule has 3 heterocycles. The van der Waals surface area contributed by atoms with E-state index in [2.05, 4.69) is 4.98 Å². The van der Waals surface area contributed by atoms with Crippen LogP contribution in [0, 0.1) is 18.3 Å². The predicted octanol–water partition coefficient (Wildman–Crippen LogP) is 5.43. The highest BCUT2D eigenvalue weighted by Crippen LogP contribution is 2.36. The molecule has 0 unspecified atom stereocenters. The summed E-state index contributed by atoms with van der Waals surface area (Å²) in [6.07, 6.45) is -0.625. The van der Waals surface area contributed by atoms with E-state index in [9.17, 15) is 19.5 Å². The standard InChI is InChI=1S/C32H39N3O6/c1-19-13-14-22-26(17-24(34-28(22)33-19)20-11-9-8-10-12-20)40-21-15-25(30(38)39)35(18-21)29(37)23(31(2,3)4)16-27(36)41-32(5,6)7/h8-14,17,21,23,25H,15-16,18H2,1-7H3,(H,38,39)/t21-,23-,25+/m1/s1. The molecule has 9 nitrogen and oxygen atoms in total. The van der Waals surface area contributed by atoms with E-state index in [1.54, 1.807) is 20.8 Å². The van der Waals surface area contributed by atoms with Crippen LogP contribution in [0.4, 0.5) is 0 Å². The van der Waals surface area contributed by atoms with E-state index in [0.29, 0.717) is 22.5 Å². The summed E-state index contributed by atoms with van der Waals surface area (Å²) in [4.78, 5) is 49.6. The Bertz CT molecular complexity index is 1440. The summed E-state index contributed by atoms with van der Waals surface area (Å²) >= 11 is 0. The monoisotopic (exact) mass is 561 g/mol. The predicted molar refractivity (Wildman–Crippen MR) is 155 cm³/mol. The van der Waals surface area contributed by atoms with Crippen molar-refractivity contribution in [3.05, 3.63) is 54.2 Å². The van der Waals surface area contributed by atoms with Crippen molar-refractivity contribution in [1.82, 2.24) is 14.9 Å². The van der Waals surface area contributed by atoms with Crippen LogP contribution in [0.5, 0.6) is 5.75 Å². The maximum atomic E-state index is 13.9. The van der Waals surface area contributed by atoms with Gasteiger partial charge in [0.15, 0.2) is 5.65 Å². The Morgan fingerprint density at radius 3 is 2.32 bits per heavy atom. The molecule has 9 heteroatoms. The Labute approximate surface area is 240 Å². The van der Waals surface area contributed by atoms with Gasteiger partial charge in [0.25, 0.3) is 0 Å². The van der Waals surface area contributed by atoms with Gasteiger partial charge in [-0.15, -0.1) is 0 Å². The summed E-state index contributed by atoms with van der Waals surface area (Å²) in [5.74, 6) is -2.26. The van der Waals surface area contributed by atoms with Gasteiger partial charge in [-0.3, -0.25) is 9.59 Å². The second kappa shape index (κ2) is 11.5. The van der Waals surface area contributed by atoms with Crippen molar-refractivity contribution in [2.24, 2.45) is 11.3 Å². The number of hydrogen-bond donors (Lipinski definition) is 1. The number of pyridine rings is 2. The zero-order chi connectivity index (χ0) is 30.1. The van der Waals surface area contributed by atoms with Crippen LogP contribution < -0.4 is 4.74 Å². The average Bonchev–Trinajstić information content (AvgIpc) is 3.29. The number of amides is 1. The van der Waals surface area contributed by atoms with Crippen LogP contribution in [0.25, 0.3) is 22.3 Å². The Kier molecular flexibility index (Phi) is 8.38. The zero-order valence-electron chi connectivity index (χ0n) is 24.8. The molecule has 0 saturated carbocycles. The van der Waals surface area contributed by atoms with Gasteiger partial charge in [0.05, 0.1) is 30.0 Å². The summed E-state index contributed by atoms with van der Waals surface area (Å²) in [6, 6.07) is 14.2. The van der Waals surface area contributed by atoms with Crippen LogP contribution in [0.2, 0.25) is 0 Å². The minimum atomic E-state index is -1.11. The molecule has 4 rings (SSSR count). The van der Waals surface area contributed by atoms with Crippen molar-refractivity contribution in [2.75, 3.05) is 6.54 Å². The third kappa shape index (κ3) is 7.20. The molecule has 1 fully saturated rings. The Morgan fingerprint density at radius 2 is 1.71 bits per heavy atom. The first-order valence-corrected chi connectivity index (χ1v) is 13.9. The minimum Gasteiger partial charge on any atom is -0.488 e. The van der Waals surface area contributed by atoms with E-state index < -0.39 is 46.9 Å². The molecule has 41 heavy (non-hydrogen) atoms. The molecule has 218 valence electrons. The highest BCUT2D eigenvalue weighted by Gasteiger charge is 2.46. The second-order valence-electron chi connectivity index (χ2n) is 12.7. The number of nitrogens with zero attached hydrogens (tertiary/aromatic N) is 3. The number of hydrogen-bond acceptors (Lipinski definition) is 7. The molecule has 3 atom stereocenters. The van der Waals surface area contributed by atoms with Gasteiger partial charge in [0.1, 0.15) is 23.5 Å². The van der Waals surface area contributed by atoms with E-state index in [0.717, 1.165) is 11.3 Å². The fourth-order valence-corrected chi connectivity index (χ4v) is 5.08. The van der Waals surface area contributed by atoms with Gasteiger partial charge >= 0.3 is 11.9 Å². The van der Waals surface area contributed by atoms with Crippen LogP contribution in [0.15, 0.2) is 48.5 Å². The molecule has 3 aromatic rings. The average molecular weight is 562 g/mol. The molecule has 0 bridgehead atoms. The normalized spacial score (nSPS) is 18.3. The Hall–Kier alpha value is -4.01. The first-order chi connectivity index (χ1) is 19.1. The van der Waals surface area contributed by atoms with Crippen molar-refractivity contribution in [1.29, 1.82) is 0 Å². The molecule has 1 aliphatic heterocycles. The van der Waals surface area contributed by atoms with Gasteiger partial charge in [-0.05, 0) is 45.2 Å². The number of carbonyl (C=O) groups is 3. The maximum Gasteiger partial charge on any atom is 0.326 e. The van der Waals surface area contributed by atoms with Crippen LogP contribution in [0.3, 0.4) is 0 Å². The van der Waals surface area contributed by atoms with Gasteiger partial charge in [-0.1, -0.05) is 51.1 Å². The molecule has 1 saturated heterocycles. The van der Waals surface area contributed by atoms with E-state index in [1.165, 1.54) is 4.90 Å². The fourth-order valence-electron chi connectivity index (χ4n) is 5.08. The number of likely N-dealkylation sites (tertiary alicyclic amines) is 1. The minimum absolute atomic E-state index is 0.0699. The molecule has 1 N–H and O–H groups in total. The van der Waals surface area contributed by atoms with Crippen LogP contribution in [-0.2, 0) is 19.1 Å². The first kappa shape index (κ1) is 30.0. The maximum absolute atomic E-state index is 13.9. The van der Waals surface area contributed by atoms with E-state index >= 15 is 0 Å². The number of fused-ring (bicyclic) bond motifs is 1. The van der Waals surface area contributed by atoms with Gasteiger partial charge < -0.3 is 19.5 Å². The number of carboxylic acids is 1. The highest BCUT2D eigenvalue weighted by molar-refractivity contribution is 5.89. The molecular formula is C32H39N3O6. The van der Waals surface area contributed by atoms with Crippen molar-refractivity contribution in [3.8, 4) is 17.0 Å². The number of aromatic nitrogens is 2. The summed E-state index contributed by atoms with van der Waals surface area (Å²) in [6.45, 7) is 12.9. The van der Waals surface area contributed by atoms with E-state index in [-0.39, 0.29) is 19.4 Å². The van der Waals surface area contributed by atoms with Crippen molar-refractivity contribution >= 4 is 28.9 Å². The quantitative estimate of drug-likeness (QED) is 0.379.